The second kappa shape index (κ2) is 8.64. The van der Waals surface area contributed by atoms with E-state index in [0.29, 0.717) is 45.1 Å². The van der Waals surface area contributed by atoms with Gasteiger partial charge in [-0.25, -0.2) is 0 Å². The highest BCUT2D eigenvalue weighted by Gasteiger charge is 2.36. The number of carbonyl (C=O) groups is 2. The van der Waals surface area contributed by atoms with Gasteiger partial charge in [0.2, 0.25) is 5.91 Å². The smallest absolute Gasteiger partial charge is 0.272 e. The van der Waals surface area contributed by atoms with Crippen LogP contribution in [0.15, 0.2) is 6.07 Å². The molecule has 2 aliphatic heterocycles. The molecule has 0 aromatic carbocycles. The number of nitrogens with one attached hydrogen (secondary N) is 1. The quantitative estimate of drug-likeness (QED) is 0.734. The zero-order valence-electron chi connectivity index (χ0n) is 15.7. The lowest BCUT2D eigenvalue weighted by Crippen LogP contribution is -2.60. The minimum Gasteiger partial charge on any atom is -0.380 e. The summed E-state index contributed by atoms with van der Waals surface area (Å²) in [6.07, 6.45) is 2.09. The first-order valence-corrected chi connectivity index (χ1v) is 9.54. The Balaban J connectivity index is 1.77. The summed E-state index contributed by atoms with van der Waals surface area (Å²) in [7, 11) is 0. The van der Waals surface area contributed by atoms with E-state index in [0.717, 1.165) is 31.6 Å². The van der Waals surface area contributed by atoms with Crippen LogP contribution in [0.5, 0.6) is 0 Å². The van der Waals surface area contributed by atoms with Crippen LogP contribution in [0, 0.1) is 6.92 Å². The Morgan fingerprint density at radius 2 is 2.08 bits per heavy atom. The van der Waals surface area contributed by atoms with Crippen LogP contribution in [0.25, 0.3) is 0 Å². The number of rotatable bonds is 6. The van der Waals surface area contributed by atoms with Crippen molar-refractivity contribution in [2.45, 2.75) is 39.3 Å². The zero-order valence-corrected chi connectivity index (χ0v) is 15.7. The fourth-order valence-electron chi connectivity index (χ4n) is 3.65. The number of nitrogens with zero attached hydrogens (tertiary/aromatic N) is 4. The van der Waals surface area contributed by atoms with Gasteiger partial charge in [0.15, 0.2) is 0 Å². The van der Waals surface area contributed by atoms with Crippen LogP contribution in [-0.4, -0.2) is 83.4 Å². The van der Waals surface area contributed by atoms with E-state index < -0.39 is 6.04 Å². The van der Waals surface area contributed by atoms with Crippen molar-refractivity contribution >= 4 is 11.8 Å². The SMILES string of the molecule is CCOCCn1nc(C)cc1C(=O)N1CCNC[C@@H]1C(=O)N1CCCC1. The predicted octanol–water partition coefficient (Wildman–Crippen LogP) is 0.264. The van der Waals surface area contributed by atoms with Gasteiger partial charge in [0.1, 0.15) is 11.7 Å². The summed E-state index contributed by atoms with van der Waals surface area (Å²) in [5, 5.41) is 7.68. The molecule has 144 valence electrons. The maximum absolute atomic E-state index is 13.2. The second-order valence-electron chi connectivity index (χ2n) is 6.84. The molecule has 8 nitrogen and oxygen atoms in total. The van der Waals surface area contributed by atoms with Crippen molar-refractivity contribution in [1.82, 2.24) is 24.9 Å². The number of ether oxygens (including phenoxy) is 1. The number of aryl methyl sites for hydroxylation is 1. The van der Waals surface area contributed by atoms with Gasteiger partial charge in [-0.2, -0.15) is 5.10 Å². The number of hydrogen-bond donors (Lipinski definition) is 1. The molecule has 0 saturated carbocycles. The third-order valence-electron chi connectivity index (χ3n) is 4.98. The third-order valence-corrected chi connectivity index (χ3v) is 4.98. The Kier molecular flexibility index (Phi) is 6.26. The van der Waals surface area contributed by atoms with Crippen LogP contribution < -0.4 is 5.32 Å². The summed E-state index contributed by atoms with van der Waals surface area (Å²) in [5.41, 5.74) is 1.32. The van der Waals surface area contributed by atoms with Gasteiger partial charge in [-0.05, 0) is 32.8 Å². The molecule has 1 N–H and O–H groups in total. The van der Waals surface area contributed by atoms with Crippen molar-refractivity contribution in [3.63, 3.8) is 0 Å². The number of amides is 2. The van der Waals surface area contributed by atoms with E-state index in [1.807, 2.05) is 18.7 Å². The van der Waals surface area contributed by atoms with E-state index in [1.165, 1.54) is 0 Å². The highest BCUT2D eigenvalue weighted by Crippen LogP contribution is 2.17. The monoisotopic (exact) mass is 363 g/mol. The summed E-state index contributed by atoms with van der Waals surface area (Å²) in [6.45, 7) is 8.80. The average molecular weight is 363 g/mol. The summed E-state index contributed by atoms with van der Waals surface area (Å²) in [5.74, 6) is -0.0682. The highest BCUT2D eigenvalue weighted by atomic mass is 16.5. The largest absolute Gasteiger partial charge is 0.380 e. The van der Waals surface area contributed by atoms with Crippen molar-refractivity contribution in [3.8, 4) is 0 Å². The van der Waals surface area contributed by atoms with Gasteiger partial charge < -0.3 is 19.9 Å². The maximum atomic E-state index is 13.2. The highest BCUT2D eigenvalue weighted by molar-refractivity contribution is 5.96. The number of carbonyl (C=O) groups excluding carboxylic acids is 2. The van der Waals surface area contributed by atoms with Gasteiger partial charge in [-0.15, -0.1) is 0 Å². The molecule has 0 unspecified atom stereocenters. The van der Waals surface area contributed by atoms with E-state index in [4.69, 9.17) is 4.74 Å². The van der Waals surface area contributed by atoms with Crippen LogP contribution in [0.2, 0.25) is 0 Å². The maximum Gasteiger partial charge on any atom is 0.272 e. The molecule has 26 heavy (non-hydrogen) atoms. The Hall–Kier alpha value is -1.93. The number of hydrogen-bond acceptors (Lipinski definition) is 5. The van der Waals surface area contributed by atoms with E-state index >= 15 is 0 Å². The molecule has 3 heterocycles. The molecule has 8 heteroatoms. The Morgan fingerprint density at radius 3 is 2.81 bits per heavy atom. The molecular weight excluding hydrogens is 334 g/mol. The molecule has 0 radical (unpaired) electrons. The molecule has 0 spiro atoms. The van der Waals surface area contributed by atoms with E-state index in [1.54, 1.807) is 15.6 Å². The van der Waals surface area contributed by atoms with Crippen molar-refractivity contribution in [2.75, 3.05) is 45.9 Å². The number of piperazine rings is 1. The van der Waals surface area contributed by atoms with Crippen LogP contribution in [0.1, 0.15) is 35.9 Å². The van der Waals surface area contributed by atoms with Crippen molar-refractivity contribution in [2.24, 2.45) is 0 Å². The minimum absolute atomic E-state index is 0.0557. The lowest BCUT2D eigenvalue weighted by Gasteiger charge is -2.37. The van der Waals surface area contributed by atoms with Crippen LogP contribution in [0.4, 0.5) is 0 Å². The van der Waals surface area contributed by atoms with Crippen LogP contribution in [-0.2, 0) is 16.1 Å². The normalized spacial score (nSPS) is 20.6. The molecule has 1 atom stereocenters. The molecule has 0 aliphatic carbocycles. The van der Waals surface area contributed by atoms with Gasteiger partial charge in [0, 0.05) is 39.3 Å². The first-order valence-electron chi connectivity index (χ1n) is 9.54. The molecule has 2 amide bonds. The fourth-order valence-corrected chi connectivity index (χ4v) is 3.65. The fraction of sp³-hybridized carbons (Fsp3) is 0.722. The Bertz CT molecular complexity index is 639. The summed E-state index contributed by atoms with van der Waals surface area (Å²) >= 11 is 0. The van der Waals surface area contributed by atoms with Gasteiger partial charge in [-0.1, -0.05) is 0 Å². The number of likely N-dealkylation sites (tertiary alicyclic amines) is 1. The van der Waals surface area contributed by atoms with Gasteiger partial charge >= 0.3 is 0 Å². The zero-order chi connectivity index (χ0) is 18.5. The lowest BCUT2D eigenvalue weighted by atomic mass is 10.1. The van der Waals surface area contributed by atoms with Crippen molar-refractivity contribution < 1.29 is 14.3 Å². The molecule has 2 saturated heterocycles. The summed E-state index contributed by atoms with van der Waals surface area (Å²) in [4.78, 5) is 29.7. The predicted molar refractivity (Wildman–Crippen MR) is 97.0 cm³/mol. The van der Waals surface area contributed by atoms with Gasteiger partial charge in [-0.3, -0.25) is 14.3 Å². The molecule has 2 aliphatic rings. The second-order valence-corrected chi connectivity index (χ2v) is 6.84. The van der Waals surface area contributed by atoms with E-state index in [2.05, 4.69) is 10.4 Å². The number of aromatic nitrogens is 2. The summed E-state index contributed by atoms with van der Waals surface area (Å²) < 4.78 is 7.10. The van der Waals surface area contributed by atoms with Crippen molar-refractivity contribution in [1.29, 1.82) is 0 Å². The van der Waals surface area contributed by atoms with E-state index in [9.17, 15) is 9.59 Å². The van der Waals surface area contributed by atoms with Crippen molar-refractivity contribution in [3.05, 3.63) is 17.5 Å². The average Bonchev–Trinajstić information content (AvgIpc) is 3.31. The Morgan fingerprint density at radius 1 is 1.31 bits per heavy atom. The van der Waals surface area contributed by atoms with Gasteiger partial charge in [0.05, 0.1) is 18.8 Å². The molecule has 3 rings (SSSR count). The Labute approximate surface area is 154 Å². The molecule has 1 aromatic rings. The first kappa shape index (κ1) is 18.8. The van der Waals surface area contributed by atoms with Crippen LogP contribution in [0.3, 0.4) is 0 Å². The topological polar surface area (TPSA) is 79.7 Å². The standard InChI is InChI=1S/C18H29N5O3/c1-3-26-11-10-23-15(12-14(2)20-23)18(25)22-9-6-19-13-16(22)17(24)21-7-4-5-8-21/h12,16,19H,3-11,13H2,1-2H3/t16-/m1/s1. The minimum atomic E-state index is -0.440. The molecule has 2 fully saturated rings. The molecular formula is C18H29N5O3. The third kappa shape index (κ3) is 4.07. The van der Waals surface area contributed by atoms with E-state index in [-0.39, 0.29) is 11.8 Å². The van der Waals surface area contributed by atoms with Gasteiger partial charge in [0.25, 0.3) is 5.91 Å². The summed E-state index contributed by atoms with van der Waals surface area (Å²) in [6, 6.07) is 1.36. The first-order chi connectivity index (χ1) is 12.6. The lowest BCUT2D eigenvalue weighted by molar-refractivity contribution is -0.135. The molecule has 0 bridgehead atoms. The van der Waals surface area contributed by atoms with Crippen LogP contribution >= 0.6 is 0 Å². The molecule has 1 aromatic heterocycles.